The van der Waals surface area contributed by atoms with E-state index in [4.69, 9.17) is 0 Å². The molecule has 0 saturated carbocycles. The van der Waals surface area contributed by atoms with E-state index in [9.17, 15) is 0 Å². The minimum absolute atomic E-state index is 0.118. The zero-order valence-corrected chi connectivity index (χ0v) is 17.3. The maximum Gasteiger partial charge on any atom is 0.0167 e. The molecule has 0 heteroatoms. The zero-order chi connectivity index (χ0) is 18.4. The zero-order valence-electron chi connectivity index (χ0n) is 17.3. The fourth-order valence-electron chi connectivity index (χ4n) is 3.24. The van der Waals surface area contributed by atoms with Crippen molar-refractivity contribution in [1.82, 2.24) is 0 Å². The normalized spacial score (nSPS) is 22.2. The van der Waals surface area contributed by atoms with Gasteiger partial charge in [-0.25, -0.2) is 0 Å². The molecule has 130 valence electrons. The van der Waals surface area contributed by atoms with Crippen LogP contribution in [0.5, 0.6) is 0 Å². The highest BCUT2D eigenvalue weighted by Crippen LogP contribution is 2.42. The average molecular weight is 323 g/mol. The smallest absolute Gasteiger partial charge is 0.0167 e. The fourth-order valence-corrected chi connectivity index (χ4v) is 3.24. The number of hydrogen-bond donors (Lipinski definition) is 0. The van der Waals surface area contributed by atoms with Gasteiger partial charge >= 0.3 is 0 Å². The molecule has 0 amide bonds. The van der Waals surface area contributed by atoms with Gasteiger partial charge in [-0.3, -0.25) is 0 Å². The molecule has 0 bridgehead atoms. The first-order valence-corrected chi connectivity index (χ1v) is 9.18. The highest BCUT2D eigenvalue weighted by Gasteiger charge is 2.30. The SMILES string of the molecule is CC1=CC(C(C)(C)C)=[C][C@H](c2[c]c(C(C)(C)C)cc(C)c2C)C1C. The van der Waals surface area contributed by atoms with Gasteiger partial charge in [0.1, 0.15) is 0 Å². The molecule has 2 radical (unpaired) electrons. The standard InChI is InChI=1S/C24H34/c1-15-11-19(23(5,6)7)13-21(17(15)3)22-14-20(24(8,9)10)12-16(2)18(22)4/h11-12,17,21H,1-10H3/t17?,21-/m0/s1. The van der Waals surface area contributed by atoms with Crippen molar-refractivity contribution >= 4 is 0 Å². The third kappa shape index (κ3) is 3.68. The van der Waals surface area contributed by atoms with E-state index in [0.29, 0.717) is 11.8 Å². The molecule has 1 aromatic rings. The maximum absolute atomic E-state index is 3.85. The first-order chi connectivity index (χ1) is 10.8. The lowest BCUT2D eigenvalue weighted by Crippen LogP contribution is -2.21. The lowest BCUT2D eigenvalue weighted by Gasteiger charge is -2.33. The topological polar surface area (TPSA) is 0 Å². The van der Waals surface area contributed by atoms with Crippen LogP contribution in [0.25, 0.3) is 0 Å². The molecule has 0 nitrogen and oxygen atoms in total. The van der Waals surface area contributed by atoms with Gasteiger partial charge in [0, 0.05) is 5.92 Å². The molecule has 24 heavy (non-hydrogen) atoms. The van der Waals surface area contributed by atoms with E-state index in [1.807, 2.05) is 0 Å². The van der Waals surface area contributed by atoms with E-state index < -0.39 is 0 Å². The molecular weight excluding hydrogens is 288 g/mol. The molecule has 0 heterocycles. The molecule has 1 aliphatic carbocycles. The Morgan fingerprint density at radius 1 is 0.917 bits per heavy atom. The van der Waals surface area contributed by atoms with Crippen LogP contribution >= 0.6 is 0 Å². The Bertz CT molecular complexity index is 684. The summed E-state index contributed by atoms with van der Waals surface area (Å²) in [5, 5.41) is 0. The number of benzene rings is 1. The van der Waals surface area contributed by atoms with Gasteiger partial charge in [-0.2, -0.15) is 0 Å². The summed E-state index contributed by atoms with van der Waals surface area (Å²) in [6.07, 6.45) is 6.19. The van der Waals surface area contributed by atoms with Crippen molar-refractivity contribution in [2.75, 3.05) is 0 Å². The Morgan fingerprint density at radius 2 is 1.50 bits per heavy atom. The van der Waals surface area contributed by atoms with Crippen molar-refractivity contribution in [3.05, 3.63) is 57.7 Å². The van der Waals surface area contributed by atoms with Crippen LogP contribution in [0, 0.1) is 37.3 Å². The molecule has 1 aromatic carbocycles. The number of hydrogen-bond acceptors (Lipinski definition) is 0. The summed E-state index contributed by atoms with van der Waals surface area (Å²) in [5.41, 5.74) is 8.41. The summed E-state index contributed by atoms with van der Waals surface area (Å²) in [4.78, 5) is 0. The Labute approximate surface area is 150 Å². The van der Waals surface area contributed by atoms with Gasteiger partial charge in [0.25, 0.3) is 0 Å². The Kier molecular flexibility index (Phi) is 4.92. The quantitative estimate of drug-likeness (QED) is 0.530. The molecule has 0 spiro atoms. The number of rotatable bonds is 1. The first kappa shape index (κ1) is 19.0. The van der Waals surface area contributed by atoms with E-state index in [2.05, 4.69) is 93.5 Å². The van der Waals surface area contributed by atoms with Crippen molar-refractivity contribution in [2.45, 2.75) is 80.6 Å². The van der Waals surface area contributed by atoms with Crippen molar-refractivity contribution in [2.24, 2.45) is 11.3 Å². The molecule has 1 aliphatic rings. The van der Waals surface area contributed by atoms with Crippen LogP contribution in [0.1, 0.15) is 83.6 Å². The van der Waals surface area contributed by atoms with Crippen LogP contribution in [-0.2, 0) is 5.41 Å². The molecule has 0 N–H and O–H groups in total. The lowest BCUT2D eigenvalue weighted by molar-refractivity contribution is 0.483. The Morgan fingerprint density at radius 3 is 2.00 bits per heavy atom. The third-order valence-corrected chi connectivity index (χ3v) is 5.45. The van der Waals surface area contributed by atoms with Gasteiger partial charge in [0.15, 0.2) is 0 Å². The minimum Gasteiger partial charge on any atom is -0.0692 e. The molecule has 2 atom stereocenters. The molecule has 0 fully saturated rings. The third-order valence-electron chi connectivity index (χ3n) is 5.45. The number of aryl methyl sites for hydroxylation is 1. The van der Waals surface area contributed by atoms with Gasteiger partial charge in [0.05, 0.1) is 0 Å². The second kappa shape index (κ2) is 6.21. The van der Waals surface area contributed by atoms with Gasteiger partial charge < -0.3 is 0 Å². The summed E-state index contributed by atoms with van der Waals surface area (Å²) in [5.74, 6) is 0.769. The summed E-state index contributed by atoms with van der Waals surface area (Å²) in [6.45, 7) is 22.7. The monoisotopic (exact) mass is 322 g/mol. The van der Waals surface area contributed by atoms with Crippen molar-refractivity contribution in [1.29, 1.82) is 0 Å². The van der Waals surface area contributed by atoms with Gasteiger partial charge in [-0.15, -0.1) is 0 Å². The average Bonchev–Trinajstić information content (AvgIpc) is 2.42. The van der Waals surface area contributed by atoms with Crippen molar-refractivity contribution in [3.63, 3.8) is 0 Å². The van der Waals surface area contributed by atoms with Crippen LogP contribution in [0.2, 0.25) is 0 Å². The summed E-state index contributed by atoms with van der Waals surface area (Å²) in [6, 6.07) is 6.09. The second-order valence-corrected chi connectivity index (χ2v) is 9.62. The van der Waals surface area contributed by atoms with Crippen molar-refractivity contribution < 1.29 is 0 Å². The largest absolute Gasteiger partial charge is 0.0692 e. The molecule has 1 unspecified atom stereocenters. The van der Waals surface area contributed by atoms with Crippen LogP contribution in [0.4, 0.5) is 0 Å². The fraction of sp³-hybridized carbons (Fsp3) is 0.583. The first-order valence-electron chi connectivity index (χ1n) is 9.18. The van der Waals surface area contributed by atoms with E-state index >= 15 is 0 Å². The molecule has 0 aromatic heterocycles. The summed E-state index contributed by atoms with van der Waals surface area (Å²) < 4.78 is 0. The summed E-state index contributed by atoms with van der Waals surface area (Å²) in [7, 11) is 0. The Hall–Kier alpha value is -1.30. The molecular formula is C24H34. The van der Waals surface area contributed by atoms with Gasteiger partial charge in [0.2, 0.25) is 0 Å². The molecule has 2 rings (SSSR count). The van der Waals surface area contributed by atoms with E-state index in [0.717, 1.165) is 0 Å². The van der Waals surface area contributed by atoms with E-state index in [1.165, 1.54) is 33.4 Å². The van der Waals surface area contributed by atoms with Crippen molar-refractivity contribution in [3.8, 4) is 0 Å². The Balaban J connectivity index is 2.64. The highest BCUT2D eigenvalue weighted by molar-refractivity contribution is 5.45. The summed E-state index contributed by atoms with van der Waals surface area (Å²) >= 11 is 0. The van der Waals surface area contributed by atoms with Crippen LogP contribution in [-0.4, -0.2) is 0 Å². The predicted molar refractivity (Wildman–Crippen MR) is 105 cm³/mol. The second-order valence-electron chi connectivity index (χ2n) is 9.62. The van der Waals surface area contributed by atoms with Gasteiger partial charge in [-0.1, -0.05) is 66.2 Å². The molecule has 0 saturated heterocycles. The van der Waals surface area contributed by atoms with E-state index in [-0.39, 0.29) is 10.8 Å². The van der Waals surface area contributed by atoms with Gasteiger partial charge in [-0.05, 0) is 77.5 Å². The van der Waals surface area contributed by atoms with E-state index in [1.54, 1.807) is 0 Å². The van der Waals surface area contributed by atoms with Crippen LogP contribution < -0.4 is 0 Å². The predicted octanol–water partition coefficient (Wildman–Crippen LogP) is 6.86. The molecule has 0 aliphatic heterocycles. The minimum atomic E-state index is 0.118. The number of allylic oxidation sites excluding steroid dienone is 4. The highest BCUT2D eigenvalue weighted by atomic mass is 14.3. The van der Waals surface area contributed by atoms with Crippen LogP contribution in [0.3, 0.4) is 0 Å². The lowest BCUT2D eigenvalue weighted by atomic mass is 9.70. The van der Waals surface area contributed by atoms with Crippen LogP contribution in [0.15, 0.2) is 23.3 Å². The maximum atomic E-state index is 3.85.